The SMILES string of the molecule is COc1ccc(C(O)CNc2cc(F)c(F)cc2F)cc1. The molecule has 0 aliphatic carbocycles. The van der Waals surface area contributed by atoms with Crippen molar-refractivity contribution in [3.8, 4) is 5.75 Å². The Morgan fingerprint density at radius 2 is 1.67 bits per heavy atom. The Labute approximate surface area is 120 Å². The lowest BCUT2D eigenvalue weighted by Gasteiger charge is -2.14. The molecule has 1 unspecified atom stereocenters. The molecule has 0 aliphatic heterocycles. The number of rotatable bonds is 5. The van der Waals surface area contributed by atoms with Crippen LogP contribution in [0.4, 0.5) is 18.9 Å². The number of benzene rings is 2. The Balaban J connectivity index is 2.03. The Kier molecular flexibility index (Phi) is 4.70. The quantitative estimate of drug-likeness (QED) is 0.832. The summed E-state index contributed by atoms with van der Waals surface area (Å²) in [6, 6.07) is 7.84. The van der Waals surface area contributed by atoms with Crippen LogP contribution in [-0.4, -0.2) is 18.8 Å². The normalized spacial score (nSPS) is 12.0. The van der Waals surface area contributed by atoms with Gasteiger partial charge in [0.25, 0.3) is 0 Å². The molecule has 2 rings (SSSR count). The van der Waals surface area contributed by atoms with Crippen molar-refractivity contribution in [3.05, 3.63) is 59.4 Å². The minimum absolute atomic E-state index is 0.0473. The number of methoxy groups -OCH3 is 1. The van der Waals surface area contributed by atoms with E-state index in [-0.39, 0.29) is 12.2 Å². The number of anilines is 1. The first kappa shape index (κ1) is 15.2. The molecule has 21 heavy (non-hydrogen) atoms. The topological polar surface area (TPSA) is 41.5 Å². The zero-order chi connectivity index (χ0) is 15.4. The van der Waals surface area contributed by atoms with Gasteiger partial charge in [-0.25, -0.2) is 13.2 Å². The molecule has 0 fully saturated rings. The zero-order valence-electron chi connectivity index (χ0n) is 11.2. The second kappa shape index (κ2) is 6.49. The van der Waals surface area contributed by atoms with Crippen molar-refractivity contribution in [3.63, 3.8) is 0 Å². The Morgan fingerprint density at radius 1 is 1.05 bits per heavy atom. The number of hydrogen-bond donors (Lipinski definition) is 2. The molecule has 0 amide bonds. The van der Waals surface area contributed by atoms with Crippen LogP contribution in [0.5, 0.6) is 5.75 Å². The third-order valence-corrected chi connectivity index (χ3v) is 3.00. The third-order valence-electron chi connectivity index (χ3n) is 3.00. The molecule has 112 valence electrons. The van der Waals surface area contributed by atoms with Gasteiger partial charge in [-0.3, -0.25) is 0 Å². The lowest BCUT2D eigenvalue weighted by molar-refractivity contribution is 0.191. The molecule has 2 aromatic rings. The van der Waals surface area contributed by atoms with Gasteiger partial charge in [-0.05, 0) is 17.7 Å². The standard InChI is InChI=1S/C15H14F3NO2/c1-21-10-4-2-9(3-5-10)15(20)8-19-14-7-12(17)11(16)6-13(14)18/h2-7,15,19-20H,8H2,1H3. The summed E-state index contributed by atoms with van der Waals surface area (Å²) in [4.78, 5) is 0. The summed E-state index contributed by atoms with van der Waals surface area (Å²) >= 11 is 0. The maximum absolute atomic E-state index is 13.4. The van der Waals surface area contributed by atoms with Crippen LogP contribution < -0.4 is 10.1 Å². The molecule has 0 saturated heterocycles. The van der Waals surface area contributed by atoms with Crippen molar-refractivity contribution in [1.29, 1.82) is 0 Å². The molecule has 0 bridgehead atoms. The zero-order valence-corrected chi connectivity index (χ0v) is 11.2. The van der Waals surface area contributed by atoms with Crippen molar-refractivity contribution < 1.29 is 23.0 Å². The van der Waals surface area contributed by atoms with Crippen LogP contribution in [-0.2, 0) is 0 Å². The van der Waals surface area contributed by atoms with E-state index in [0.29, 0.717) is 23.4 Å². The molecule has 0 heterocycles. The Hall–Kier alpha value is -2.21. The maximum Gasteiger partial charge on any atom is 0.161 e. The molecular formula is C15H14F3NO2. The molecule has 2 aromatic carbocycles. The Morgan fingerprint density at radius 3 is 2.29 bits per heavy atom. The fourth-order valence-electron chi connectivity index (χ4n) is 1.81. The molecule has 6 heteroatoms. The van der Waals surface area contributed by atoms with Gasteiger partial charge in [-0.1, -0.05) is 12.1 Å². The van der Waals surface area contributed by atoms with Crippen molar-refractivity contribution in [2.45, 2.75) is 6.10 Å². The smallest absolute Gasteiger partial charge is 0.161 e. The second-order valence-electron chi connectivity index (χ2n) is 4.42. The van der Waals surface area contributed by atoms with Crippen LogP contribution in [0, 0.1) is 17.5 Å². The summed E-state index contributed by atoms with van der Waals surface area (Å²) in [6.45, 7) is -0.0473. The fraction of sp³-hybridized carbons (Fsp3) is 0.200. The van der Waals surface area contributed by atoms with Gasteiger partial charge < -0.3 is 15.2 Å². The van der Waals surface area contributed by atoms with Crippen molar-refractivity contribution in [2.24, 2.45) is 0 Å². The first-order chi connectivity index (χ1) is 10.0. The molecule has 0 saturated carbocycles. The molecule has 3 nitrogen and oxygen atoms in total. The van der Waals surface area contributed by atoms with Crippen LogP contribution in [0.3, 0.4) is 0 Å². The summed E-state index contributed by atoms with van der Waals surface area (Å²) in [6.07, 6.45) is -0.927. The van der Waals surface area contributed by atoms with Gasteiger partial charge in [0.2, 0.25) is 0 Å². The van der Waals surface area contributed by atoms with E-state index in [0.717, 1.165) is 0 Å². The first-order valence-electron chi connectivity index (χ1n) is 6.21. The summed E-state index contributed by atoms with van der Waals surface area (Å²) in [5, 5.41) is 12.5. The highest BCUT2D eigenvalue weighted by atomic mass is 19.2. The predicted molar refractivity (Wildman–Crippen MR) is 72.8 cm³/mol. The second-order valence-corrected chi connectivity index (χ2v) is 4.42. The lowest BCUT2D eigenvalue weighted by atomic mass is 10.1. The summed E-state index contributed by atoms with van der Waals surface area (Å²) < 4.78 is 44.2. The van der Waals surface area contributed by atoms with Crippen LogP contribution >= 0.6 is 0 Å². The highest BCUT2D eigenvalue weighted by Crippen LogP contribution is 2.21. The molecule has 0 aliphatic rings. The average Bonchev–Trinajstić information content (AvgIpc) is 2.49. The largest absolute Gasteiger partial charge is 0.497 e. The highest BCUT2D eigenvalue weighted by molar-refractivity contribution is 5.45. The number of ether oxygens (including phenoxy) is 1. The van der Waals surface area contributed by atoms with Gasteiger partial charge in [-0.2, -0.15) is 0 Å². The summed E-state index contributed by atoms with van der Waals surface area (Å²) in [5.41, 5.74) is 0.382. The van der Waals surface area contributed by atoms with Gasteiger partial charge in [0.1, 0.15) is 11.6 Å². The third kappa shape index (κ3) is 3.66. The van der Waals surface area contributed by atoms with Crippen LogP contribution in [0.15, 0.2) is 36.4 Å². The van der Waals surface area contributed by atoms with Gasteiger partial charge in [0.05, 0.1) is 18.9 Å². The summed E-state index contributed by atoms with van der Waals surface area (Å²) in [7, 11) is 1.53. The van der Waals surface area contributed by atoms with E-state index in [1.807, 2.05) is 0 Å². The van der Waals surface area contributed by atoms with Gasteiger partial charge in [-0.15, -0.1) is 0 Å². The van der Waals surface area contributed by atoms with Crippen molar-refractivity contribution in [2.75, 3.05) is 19.0 Å². The fourth-order valence-corrected chi connectivity index (χ4v) is 1.81. The highest BCUT2D eigenvalue weighted by Gasteiger charge is 2.12. The maximum atomic E-state index is 13.4. The first-order valence-corrected chi connectivity index (χ1v) is 6.21. The van der Waals surface area contributed by atoms with Gasteiger partial charge in [0, 0.05) is 18.7 Å². The van der Waals surface area contributed by atoms with E-state index in [4.69, 9.17) is 4.74 Å². The number of aliphatic hydroxyl groups is 1. The van der Waals surface area contributed by atoms with E-state index in [9.17, 15) is 18.3 Å². The minimum Gasteiger partial charge on any atom is -0.497 e. The van der Waals surface area contributed by atoms with Crippen LogP contribution in [0.1, 0.15) is 11.7 Å². The average molecular weight is 297 g/mol. The van der Waals surface area contributed by atoms with Crippen LogP contribution in [0.25, 0.3) is 0 Å². The lowest BCUT2D eigenvalue weighted by Crippen LogP contribution is -2.13. The van der Waals surface area contributed by atoms with E-state index in [1.54, 1.807) is 24.3 Å². The molecule has 0 spiro atoms. The minimum atomic E-state index is -1.26. The van der Waals surface area contributed by atoms with Gasteiger partial charge in [0.15, 0.2) is 11.6 Å². The molecular weight excluding hydrogens is 283 g/mol. The number of hydrogen-bond acceptors (Lipinski definition) is 3. The molecule has 0 aromatic heterocycles. The monoisotopic (exact) mass is 297 g/mol. The van der Waals surface area contributed by atoms with Crippen molar-refractivity contribution >= 4 is 5.69 Å². The molecule has 1 atom stereocenters. The van der Waals surface area contributed by atoms with Gasteiger partial charge >= 0.3 is 0 Å². The number of halogens is 3. The molecule has 2 N–H and O–H groups in total. The number of aliphatic hydroxyl groups excluding tert-OH is 1. The predicted octanol–water partition coefficient (Wildman–Crippen LogP) is 3.26. The van der Waals surface area contributed by atoms with Crippen molar-refractivity contribution in [1.82, 2.24) is 0 Å². The van der Waals surface area contributed by atoms with E-state index >= 15 is 0 Å². The van der Waals surface area contributed by atoms with Crippen LogP contribution in [0.2, 0.25) is 0 Å². The summed E-state index contributed by atoms with van der Waals surface area (Å²) in [5.74, 6) is -2.69. The molecule has 0 radical (unpaired) electrons. The number of nitrogens with one attached hydrogen (secondary N) is 1. The van der Waals surface area contributed by atoms with E-state index < -0.39 is 23.6 Å². The Bertz CT molecular complexity index is 617. The van der Waals surface area contributed by atoms with E-state index in [1.165, 1.54) is 7.11 Å². The van der Waals surface area contributed by atoms with E-state index in [2.05, 4.69) is 5.32 Å².